The Bertz CT molecular complexity index is 586. The van der Waals surface area contributed by atoms with Gasteiger partial charge in [-0.05, 0) is 25.1 Å². The molecule has 0 unspecified atom stereocenters. The highest BCUT2D eigenvalue weighted by Crippen LogP contribution is 2.17. The first kappa shape index (κ1) is 12.5. The van der Waals surface area contributed by atoms with E-state index < -0.39 is 5.82 Å². The van der Waals surface area contributed by atoms with Crippen LogP contribution in [0.1, 0.15) is 16.1 Å². The molecule has 0 spiro atoms. The molecule has 0 atom stereocenters. The lowest BCUT2D eigenvalue weighted by Crippen LogP contribution is -2.06. The third-order valence-electron chi connectivity index (χ3n) is 2.61. The minimum Gasteiger partial charge on any atom is -0.384 e. The molecule has 18 heavy (non-hydrogen) atoms. The molecule has 1 aromatic heterocycles. The third kappa shape index (κ3) is 2.84. The summed E-state index contributed by atoms with van der Waals surface area (Å²) in [5, 5.41) is 12.1. The predicted molar refractivity (Wildman–Crippen MR) is 70.2 cm³/mol. The van der Waals surface area contributed by atoms with Gasteiger partial charge in [0.1, 0.15) is 11.9 Å². The smallest absolute Gasteiger partial charge is 0.124 e. The third-order valence-corrected chi connectivity index (χ3v) is 3.61. The molecular formula is C13H12FN3S. The van der Waals surface area contributed by atoms with E-state index in [4.69, 9.17) is 5.26 Å². The number of nitrogens with one attached hydrogen (secondary N) is 1. The Balaban J connectivity index is 1.99. The summed E-state index contributed by atoms with van der Waals surface area (Å²) < 4.78 is 12.9. The normalized spacial score (nSPS) is 10.1. The number of anilines is 1. The van der Waals surface area contributed by atoms with Crippen molar-refractivity contribution >= 4 is 17.0 Å². The molecule has 0 aliphatic carbocycles. The largest absolute Gasteiger partial charge is 0.384 e. The molecule has 0 radical (unpaired) electrons. The summed E-state index contributed by atoms with van der Waals surface area (Å²) >= 11 is 1.62. The molecule has 1 aromatic carbocycles. The highest BCUT2D eigenvalue weighted by Gasteiger charge is 2.04. The van der Waals surface area contributed by atoms with E-state index in [1.807, 2.05) is 18.5 Å². The van der Waals surface area contributed by atoms with Gasteiger partial charge in [-0.3, -0.25) is 0 Å². The molecule has 0 saturated carbocycles. The Morgan fingerprint density at radius 3 is 3.00 bits per heavy atom. The minimum absolute atomic E-state index is 0.330. The van der Waals surface area contributed by atoms with Gasteiger partial charge in [0.2, 0.25) is 0 Å². The molecule has 2 rings (SSSR count). The summed E-state index contributed by atoms with van der Waals surface area (Å²) in [5.41, 5.74) is 3.86. The van der Waals surface area contributed by atoms with Crippen molar-refractivity contribution in [1.82, 2.24) is 4.98 Å². The Morgan fingerprint density at radius 1 is 1.50 bits per heavy atom. The van der Waals surface area contributed by atoms with Crippen molar-refractivity contribution in [2.75, 3.05) is 11.9 Å². The summed E-state index contributed by atoms with van der Waals surface area (Å²) in [6, 6.07) is 6.15. The molecule has 3 nitrogen and oxygen atoms in total. The van der Waals surface area contributed by atoms with Crippen LogP contribution in [-0.2, 0) is 6.42 Å². The van der Waals surface area contributed by atoms with Crippen LogP contribution in [0.15, 0.2) is 23.7 Å². The van der Waals surface area contributed by atoms with Crippen molar-refractivity contribution in [2.45, 2.75) is 13.3 Å². The number of nitriles is 1. The van der Waals surface area contributed by atoms with Crippen LogP contribution in [0.5, 0.6) is 0 Å². The molecule has 5 heteroatoms. The minimum atomic E-state index is -0.393. The van der Waals surface area contributed by atoms with Gasteiger partial charge in [-0.25, -0.2) is 9.37 Å². The molecule has 0 fully saturated rings. The number of thiazole rings is 1. The van der Waals surface area contributed by atoms with Gasteiger partial charge in [0.05, 0.1) is 22.5 Å². The maximum Gasteiger partial charge on any atom is 0.124 e. The summed E-state index contributed by atoms with van der Waals surface area (Å²) in [5.74, 6) is -0.393. The number of benzene rings is 1. The van der Waals surface area contributed by atoms with E-state index in [-0.39, 0.29) is 0 Å². The van der Waals surface area contributed by atoms with Crippen LogP contribution in [0.25, 0.3) is 0 Å². The average molecular weight is 261 g/mol. The second-order valence-corrected chi connectivity index (χ2v) is 4.78. The van der Waals surface area contributed by atoms with Crippen molar-refractivity contribution in [3.05, 3.63) is 45.7 Å². The first-order valence-corrected chi connectivity index (χ1v) is 6.41. The van der Waals surface area contributed by atoms with Crippen LogP contribution in [0.3, 0.4) is 0 Å². The lowest BCUT2D eigenvalue weighted by Gasteiger charge is -2.07. The highest BCUT2D eigenvalue weighted by atomic mass is 32.1. The average Bonchev–Trinajstić information content (AvgIpc) is 2.77. The van der Waals surface area contributed by atoms with E-state index in [0.29, 0.717) is 17.8 Å². The van der Waals surface area contributed by atoms with Crippen LogP contribution in [0.2, 0.25) is 0 Å². The molecule has 1 N–H and O–H groups in total. The van der Waals surface area contributed by atoms with Gasteiger partial charge in [0.25, 0.3) is 0 Å². The summed E-state index contributed by atoms with van der Waals surface area (Å²) in [6.45, 7) is 2.67. The lowest BCUT2D eigenvalue weighted by atomic mass is 10.2. The molecule has 0 saturated heterocycles. The molecule has 1 heterocycles. The molecule has 0 amide bonds. The fourth-order valence-corrected chi connectivity index (χ4v) is 2.42. The standard InChI is InChI=1S/C13H12FN3S/c1-9-13(18-8-17-9)4-5-16-12-3-2-11(14)6-10(12)7-15/h2-3,6,8,16H,4-5H2,1H3. The molecular weight excluding hydrogens is 249 g/mol. The van der Waals surface area contributed by atoms with Gasteiger partial charge in [0, 0.05) is 17.8 Å². The van der Waals surface area contributed by atoms with Crippen LogP contribution >= 0.6 is 11.3 Å². The predicted octanol–water partition coefficient (Wildman–Crippen LogP) is 3.12. The lowest BCUT2D eigenvalue weighted by molar-refractivity contribution is 0.627. The number of hydrogen-bond donors (Lipinski definition) is 1. The second-order valence-electron chi connectivity index (χ2n) is 3.84. The monoisotopic (exact) mass is 261 g/mol. The first-order valence-electron chi connectivity index (χ1n) is 5.53. The fourth-order valence-electron chi connectivity index (χ4n) is 1.64. The zero-order chi connectivity index (χ0) is 13.0. The number of halogens is 1. The van der Waals surface area contributed by atoms with E-state index in [1.165, 1.54) is 17.0 Å². The number of aromatic nitrogens is 1. The molecule has 2 aromatic rings. The second kappa shape index (κ2) is 5.61. The zero-order valence-corrected chi connectivity index (χ0v) is 10.7. The number of aryl methyl sites for hydroxylation is 1. The van der Waals surface area contributed by atoms with E-state index in [1.54, 1.807) is 17.4 Å². The Labute approximate surface area is 109 Å². The molecule has 0 aliphatic heterocycles. The molecule has 0 bridgehead atoms. The van der Waals surface area contributed by atoms with E-state index in [9.17, 15) is 4.39 Å². The summed E-state index contributed by atoms with van der Waals surface area (Å²) in [4.78, 5) is 5.40. The van der Waals surface area contributed by atoms with E-state index in [2.05, 4.69) is 10.3 Å². The van der Waals surface area contributed by atoms with Crippen LogP contribution in [0.4, 0.5) is 10.1 Å². The van der Waals surface area contributed by atoms with Crippen molar-refractivity contribution in [3.8, 4) is 6.07 Å². The quantitative estimate of drug-likeness (QED) is 0.920. The van der Waals surface area contributed by atoms with Crippen LogP contribution in [-0.4, -0.2) is 11.5 Å². The van der Waals surface area contributed by atoms with Gasteiger partial charge in [-0.15, -0.1) is 11.3 Å². The number of hydrogen-bond acceptors (Lipinski definition) is 4. The van der Waals surface area contributed by atoms with Crippen molar-refractivity contribution < 1.29 is 4.39 Å². The fraction of sp³-hybridized carbons (Fsp3) is 0.231. The maximum atomic E-state index is 12.9. The van der Waals surface area contributed by atoms with Gasteiger partial charge < -0.3 is 5.32 Å². The Hall–Kier alpha value is -1.93. The van der Waals surface area contributed by atoms with Crippen molar-refractivity contribution in [3.63, 3.8) is 0 Å². The van der Waals surface area contributed by atoms with Crippen LogP contribution in [0, 0.1) is 24.1 Å². The number of nitrogens with zero attached hydrogens (tertiary/aromatic N) is 2. The highest BCUT2D eigenvalue weighted by molar-refractivity contribution is 7.09. The zero-order valence-electron chi connectivity index (χ0n) is 9.90. The Kier molecular flexibility index (Phi) is 3.90. The van der Waals surface area contributed by atoms with Crippen molar-refractivity contribution in [2.24, 2.45) is 0 Å². The van der Waals surface area contributed by atoms with E-state index >= 15 is 0 Å². The Morgan fingerprint density at radius 2 is 2.33 bits per heavy atom. The molecule has 92 valence electrons. The van der Waals surface area contributed by atoms with Gasteiger partial charge in [-0.1, -0.05) is 0 Å². The van der Waals surface area contributed by atoms with Gasteiger partial charge in [-0.2, -0.15) is 5.26 Å². The van der Waals surface area contributed by atoms with Crippen LogP contribution < -0.4 is 5.32 Å². The van der Waals surface area contributed by atoms with Gasteiger partial charge in [0.15, 0.2) is 0 Å². The van der Waals surface area contributed by atoms with Crippen molar-refractivity contribution in [1.29, 1.82) is 5.26 Å². The topological polar surface area (TPSA) is 48.7 Å². The first-order chi connectivity index (χ1) is 8.70. The molecule has 0 aliphatic rings. The SMILES string of the molecule is Cc1ncsc1CCNc1ccc(F)cc1C#N. The van der Waals surface area contributed by atoms with E-state index in [0.717, 1.165) is 12.1 Å². The van der Waals surface area contributed by atoms with Gasteiger partial charge >= 0.3 is 0 Å². The summed E-state index contributed by atoms with van der Waals surface area (Å²) in [7, 11) is 0. The summed E-state index contributed by atoms with van der Waals surface area (Å²) in [6.07, 6.45) is 0.846. The maximum absolute atomic E-state index is 12.9. The number of rotatable bonds is 4.